The molecule has 7 heteroatoms. The Balaban J connectivity index is 1.53. The van der Waals surface area contributed by atoms with Crippen molar-refractivity contribution in [2.45, 2.75) is 13.0 Å². The summed E-state index contributed by atoms with van der Waals surface area (Å²) in [6.45, 7) is 4.82. The molecule has 1 aromatic carbocycles. The van der Waals surface area contributed by atoms with Crippen molar-refractivity contribution in [1.29, 1.82) is 0 Å². The molecule has 1 amide bonds. The van der Waals surface area contributed by atoms with E-state index in [4.69, 9.17) is 4.74 Å². The number of fused-ring (bicyclic) bond motifs is 1. The van der Waals surface area contributed by atoms with Crippen molar-refractivity contribution in [3.8, 4) is 10.4 Å². The Kier molecular flexibility index (Phi) is 4.92. The average Bonchev–Trinajstić information content (AvgIpc) is 3.22. The number of carbonyl (C=O) groups is 1. The molecule has 26 heavy (non-hydrogen) atoms. The molecule has 0 unspecified atom stereocenters. The summed E-state index contributed by atoms with van der Waals surface area (Å²) in [5.74, 6) is 0.529. The lowest BCUT2D eigenvalue weighted by molar-refractivity contribution is -0.122. The van der Waals surface area contributed by atoms with E-state index < -0.39 is 0 Å². The highest BCUT2D eigenvalue weighted by molar-refractivity contribution is 7.13. The van der Waals surface area contributed by atoms with Gasteiger partial charge in [-0.05, 0) is 30.0 Å². The lowest BCUT2D eigenvalue weighted by Crippen LogP contribution is -2.47. The quantitative estimate of drug-likeness (QED) is 0.767. The Morgan fingerprint density at radius 2 is 2.08 bits per heavy atom. The van der Waals surface area contributed by atoms with Gasteiger partial charge in [-0.2, -0.15) is 0 Å². The van der Waals surface area contributed by atoms with E-state index in [0.29, 0.717) is 19.0 Å². The van der Waals surface area contributed by atoms with Crippen molar-refractivity contribution >= 4 is 33.8 Å². The molecule has 1 atom stereocenters. The highest BCUT2D eigenvalue weighted by atomic mass is 32.1. The lowest BCUT2D eigenvalue weighted by atomic mass is 10.1. The number of nitrogens with zero attached hydrogens (tertiary/aromatic N) is 3. The van der Waals surface area contributed by atoms with Gasteiger partial charge in [0.25, 0.3) is 0 Å². The van der Waals surface area contributed by atoms with Crippen molar-refractivity contribution < 1.29 is 9.53 Å². The van der Waals surface area contributed by atoms with Gasteiger partial charge in [0.05, 0.1) is 29.6 Å². The fraction of sp³-hybridized carbons (Fsp3) is 0.316. The van der Waals surface area contributed by atoms with Gasteiger partial charge in [-0.15, -0.1) is 11.3 Å². The van der Waals surface area contributed by atoms with E-state index in [1.807, 2.05) is 30.8 Å². The topological polar surface area (TPSA) is 67.4 Å². The first-order valence-electron chi connectivity index (χ1n) is 8.62. The van der Waals surface area contributed by atoms with Gasteiger partial charge in [-0.1, -0.05) is 12.1 Å². The first-order chi connectivity index (χ1) is 12.7. The first kappa shape index (κ1) is 17.1. The fourth-order valence-corrected chi connectivity index (χ4v) is 3.70. The molecule has 6 nitrogen and oxygen atoms in total. The van der Waals surface area contributed by atoms with Crippen LogP contribution >= 0.6 is 11.3 Å². The molecule has 0 aliphatic carbocycles. The number of benzene rings is 1. The first-order valence-corrected chi connectivity index (χ1v) is 9.50. The number of thiazole rings is 1. The zero-order valence-electron chi connectivity index (χ0n) is 14.5. The predicted molar refractivity (Wildman–Crippen MR) is 103 cm³/mol. The minimum absolute atomic E-state index is 0.0441. The fourth-order valence-electron chi connectivity index (χ4n) is 3.08. The smallest absolute Gasteiger partial charge is 0.242 e. The number of carbonyl (C=O) groups excluding carboxylic acids is 1. The van der Waals surface area contributed by atoms with Gasteiger partial charge in [0.1, 0.15) is 5.82 Å². The van der Waals surface area contributed by atoms with Crippen LogP contribution in [0.25, 0.3) is 21.2 Å². The number of ether oxygens (including phenoxy) is 1. The van der Waals surface area contributed by atoms with Gasteiger partial charge < -0.3 is 10.1 Å². The molecule has 3 aromatic rings. The maximum atomic E-state index is 12.6. The van der Waals surface area contributed by atoms with Crippen LogP contribution in [0.3, 0.4) is 0 Å². The average molecular weight is 368 g/mol. The molecule has 0 radical (unpaired) electrons. The molecule has 1 fully saturated rings. The molecule has 0 saturated carbocycles. The van der Waals surface area contributed by atoms with Crippen LogP contribution in [0, 0.1) is 0 Å². The van der Waals surface area contributed by atoms with Crippen LogP contribution in [0.2, 0.25) is 0 Å². The molecule has 1 saturated heterocycles. The third kappa shape index (κ3) is 3.60. The molecule has 1 N–H and O–H groups in total. The molecule has 0 bridgehead atoms. The Hall–Kier alpha value is -2.35. The van der Waals surface area contributed by atoms with Gasteiger partial charge in [0.15, 0.2) is 0 Å². The lowest BCUT2D eigenvalue weighted by Gasteiger charge is -2.31. The number of morpholine rings is 1. The van der Waals surface area contributed by atoms with E-state index in [0.717, 1.165) is 34.3 Å². The predicted octanol–water partition coefficient (Wildman–Crippen LogP) is 3.02. The third-order valence-corrected chi connectivity index (χ3v) is 5.48. The van der Waals surface area contributed by atoms with E-state index in [1.165, 1.54) is 0 Å². The van der Waals surface area contributed by atoms with Gasteiger partial charge in [-0.3, -0.25) is 14.7 Å². The summed E-state index contributed by atoms with van der Waals surface area (Å²) in [6.07, 6.45) is 3.65. The Morgan fingerprint density at radius 1 is 1.23 bits per heavy atom. The number of pyridine rings is 1. The number of hydrogen-bond donors (Lipinski definition) is 1. The zero-order chi connectivity index (χ0) is 17.9. The van der Waals surface area contributed by atoms with E-state index in [-0.39, 0.29) is 11.9 Å². The van der Waals surface area contributed by atoms with Crippen molar-refractivity contribution in [2.75, 3.05) is 31.6 Å². The van der Waals surface area contributed by atoms with Crippen molar-refractivity contribution in [3.05, 3.63) is 42.2 Å². The minimum atomic E-state index is -0.208. The standard InChI is InChI=1S/C19H20N4O2S/c1-13(23-4-6-25-7-5-23)19(24)22-18-9-16-8-14(17-11-20-12-26-17)2-3-15(16)10-21-18/h2-3,8-13H,4-7H2,1H3,(H,21,22,24)/t13-/m0/s1. The van der Waals surface area contributed by atoms with Crippen molar-refractivity contribution in [2.24, 2.45) is 0 Å². The van der Waals surface area contributed by atoms with E-state index in [1.54, 1.807) is 17.5 Å². The molecule has 134 valence electrons. The van der Waals surface area contributed by atoms with Gasteiger partial charge in [0, 0.05) is 30.9 Å². The molecule has 0 spiro atoms. The van der Waals surface area contributed by atoms with Crippen LogP contribution < -0.4 is 5.32 Å². The highest BCUT2D eigenvalue weighted by Gasteiger charge is 2.23. The van der Waals surface area contributed by atoms with E-state index in [9.17, 15) is 4.79 Å². The Labute approximate surface area is 155 Å². The largest absolute Gasteiger partial charge is 0.379 e. The molecule has 1 aliphatic heterocycles. The normalized spacial score (nSPS) is 16.5. The minimum Gasteiger partial charge on any atom is -0.379 e. The number of rotatable bonds is 4. The SMILES string of the molecule is C[C@@H](C(=O)Nc1cc2cc(-c3cncs3)ccc2cn1)N1CCOCC1. The van der Waals surface area contributed by atoms with Crippen LogP contribution in [0.4, 0.5) is 5.82 Å². The number of anilines is 1. The number of aromatic nitrogens is 2. The highest BCUT2D eigenvalue weighted by Crippen LogP contribution is 2.27. The summed E-state index contributed by atoms with van der Waals surface area (Å²) in [4.78, 5) is 24.3. The van der Waals surface area contributed by atoms with Crippen LogP contribution in [0.15, 0.2) is 42.2 Å². The van der Waals surface area contributed by atoms with Gasteiger partial charge in [0.2, 0.25) is 5.91 Å². The second kappa shape index (κ2) is 7.49. The second-order valence-corrected chi connectivity index (χ2v) is 7.20. The maximum absolute atomic E-state index is 12.6. The number of hydrogen-bond acceptors (Lipinski definition) is 6. The van der Waals surface area contributed by atoms with Gasteiger partial charge in [-0.25, -0.2) is 4.98 Å². The van der Waals surface area contributed by atoms with Crippen LogP contribution in [0.5, 0.6) is 0 Å². The molecule has 4 rings (SSSR count). The van der Waals surface area contributed by atoms with Crippen LogP contribution in [-0.4, -0.2) is 53.1 Å². The summed E-state index contributed by atoms with van der Waals surface area (Å²) >= 11 is 1.61. The molecule has 2 aromatic heterocycles. The summed E-state index contributed by atoms with van der Waals surface area (Å²) in [5.41, 5.74) is 2.94. The summed E-state index contributed by atoms with van der Waals surface area (Å²) in [7, 11) is 0. The monoisotopic (exact) mass is 368 g/mol. The summed E-state index contributed by atoms with van der Waals surface area (Å²) in [5, 5.41) is 5.02. The Bertz CT molecular complexity index is 907. The van der Waals surface area contributed by atoms with Crippen molar-refractivity contribution in [3.63, 3.8) is 0 Å². The van der Waals surface area contributed by atoms with E-state index >= 15 is 0 Å². The number of nitrogens with one attached hydrogen (secondary N) is 1. The molecular weight excluding hydrogens is 348 g/mol. The maximum Gasteiger partial charge on any atom is 0.242 e. The summed E-state index contributed by atoms with van der Waals surface area (Å²) in [6, 6.07) is 7.92. The second-order valence-electron chi connectivity index (χ2n) is 6.31. The Morgan fingerprint density at radius 3 is 2.85 bits per heavy atom. The molecule has 3 heterocycles. The molecule has 1 aliphatic rings. The van der Waals surface area contributed by atoms with Gasteiger partial charge >= 0.3 is 0 Å². The zero-order valence-corrected chi connectivity index (χ0v) is 15.3. The third-order valence-electron chi connectivity index (χ3n) is 4.66. The van der Waals surface area contributed by atoms with Crippen LogP contribution in [-0.2, 0) is 9.53 Å². The van der Waals surface area contributed by atoms with Crippen LogP contribution in [0.1, 0.15) is 6.92 Å². The van der Waals surface area contributed by atoms with E-state index in [2.05, 4.69) is 32.3 Å². The summed E-state index contributed by atoms with van der Waals surface area (Å²) < 4.78 is 5.35. The number of amides is 1. The van der Waals surface area contributed by atoms with Crippen molar-refractivity contribution in [1.82, 2.24) is 14.9 Å². The molecular formula is C19H20N4O2S.